The maximum Gasteiger partial charge on any atom is 0.335 e. The average molecular weight is 460 g/mol. The van der Waals surface area contributed by atoms with E-state index in [0.29, 0.717) is 11.3 Å². The molecule has 4 rings (SSSR count). The molecule has 11 nitrogen and oxygen atoms in total. The lowest BCUT2D eigenvalue weighted by Gasteiger charge is -2.38. The van der Waals surface area contributed by atoms with Gasteiger partial charge in [0.05, 0.1) is 12.7 Å². The summed E-state index contributed by atoms with van der Waals surface area (Å²) in [4.78, 5) is 24.1. The third-order valence-corrected chi connectivity index (χ3v) is 5.30. The molecule has 5 N–H and O–H groups in total. The first-order valence-electron chi connectivity index (χ1n) is 9.73. The van der Waals surface area contributed by atoms with Gasteiger partial charge in [-0.3, -0.25) is 4.79 Å². The molecule has 0 spiro atoms. The highest BCUT2D eigenvalue weighted by Crippen LogP contribution is 2.31. The summed E-state index contributed by atoms with van der Waals surface area (Å²) in [5, 5.41) is 49.0. The van der Waals surface area contributed by atoms with Crippen LogP contribution < -0.4 is 14.9 Å². The molecule has 5 atom stereocenters. The Morgan fingerprint density at radius 1 is 1.00 bits per heavy atom. The zero-order valence-electron chi connectivity index (χ0n) is 17.1. The Kier molecular flexibility index (Phi) is 5.95. The number of carboxylic acids is 1. The van der Waals surface area contributed by atoms with E-state index in [1.54, 1.807) is 0 Å². The van der Waals surface area contributed by atoms with E-state index in [4.69, 9.17) is 23.7 Å². The van der Waals surface area contributed by atoms with Gasteiger partial charge in [0.25, 0.3) is 0 Å². The summed E-state index contributed by atoms with van der Waals surface area (Å²) in [6.07, 6.45) is -7.44. The van der Waals surface area contributed by atoms with Crippen molar-refractivity contribution in [3.8, 4) is 28.4 Å². The molecule has 1 aliphatic rings. The van der Waals surface area contributed by atoms with Crippen molar-refractivity contribution in [1.82, 2.24) is 0 Å². The topological polar surface area (TPSA) is 176 Å². The van der Waals surface area contributed by atoms with Gasteiger partial charge in [-0.1, -0.05) is 12.1 Å². The van der Waals surface area contributed by atoms with E-state index in [1.807, 2.05) is 0 Å². The predicted molar refractivity (Wildman–Crippen MR) is 111 cm³/mol. The van der Waals surface area contributed by atoms with Gasteiger partial charge in [0.1, 0.15) is 52.8 Å². The number of aliphatic hydroxyl groups excluding tert-OH is 3. The average Bonchev–Trinajstić information content (AvgIpc) is 2.79. The first-order valence-corrected chi connectivity index (χ1v) is 9.73. The van der Waals surface area contributed by atoms with E-state index in [9.17, 15) is 30.0 Å². The Morgan fingerprint density at radius 2 is 1.70 bits per heavy atom. The van der Waals surface area contributed by atoms with E-state index in [-0.39, 0.29) is 28.0 Å². The molecule has 0 amide bonds. The number of benzene rings is 2. The molecule has 1 aromatic heterocycles. The molecule has 0 saturated carbocycles. The molecule has 0 radical (unpaired) electrons. The summed E-state index contributed by atoms with van der Waals surface area (Å²) < 4.78 is 21.1. The normalized spacial score (nSPS) is 25.0. The van der Waals surface area contributed by atoms with Gasteiger partial charge in [0.2, 0.25) is 11.7 Å². The van der Waals surface area contributed by atoms with E-state index < -0.39 is 42.1 Å². The van der Waals surface area contributed by atoms with Crippen LogP contribution in [-0.4, -0.2) is 69.3 Å². The molecule has 174 valence electrons. The van der Waals surface area contributed by atoms with Crippen LogP contribution in [0.2, 0.25) is 0 Å². The molecule has 33 heavy (non-hydrogen) atoms. The minimum absolute atomic E-state index is 0.0142. The second-order valence-electron chi connectivity index (χ2n) is 7.38. The van der Waals surface area contributed by atoms with Crippen molar-refractivity contribution in [2.45, 2.75) is 30.7 Å². The van der Waals surface area contributed by atoms with Crippen molar-refractivity contribution < 1.29 is 49.0 Å². The summed E-state index contributed by atoms with van der Waals surface area (Å²) in [6.45, 7) is 0. The van der Waals surface area contributed by atoms with Gasteiger partial charge in [0, 0.05) is 12.1 Å². The van der Waals surface area contributed by atoms with Crippen molar-refractivity contribution in [1.29, 1.82) is 0 Å². The van der Waals surface area contributed by atoms with Gasteiger partial charge in [-0.05, 0) is 17.7 Å². The first kappa shape index (κ1) is 22.6. The van der Waals surface area contributed by atoms with E-state index >= 15 is 0 Å². The summed E-state index contributed by atoms with van der Waals surface area (Å²) in [7, 11) is 1.42. The summed E-state index contributed by atoms with van der Waals surface area (Å²) in [5.41, 5.74) is 0.264. The highest BCUT2D eigenvalue weighted by molar-refractivity contribution is 5.88. The second-order valence-corrected chi connectivity index (χ2v) is 7.38. The fourth-order valence-electron chi connectivity index (χ4n) is 3.52. The van der Waals surface area contributed by atoms with Gasteiger partial charge in [-0.25, -0.2) is 4.79 Å². The Hall–Kier alpha value is -3.64. The molecule has 0 unspecified atom stereocenters. The summed E-state index contributed by atoms with van der Waals surface area (Å²) >= 11 is 0. The van der Waals surface area contributed by atoms with E-state index in [2.05, 4.69) is 0 Å². The predicted octanol–water partition coefficient (Wildman–Crippen LogP) is 0.445. The molecule has 1 fully saturated rings. The van der Waals surface area contributed by atoms with Crippen LogP contribution in [0.4, 0.5) is 0 Å². The van der Waals surface area contributed by atoms with Gasteiger partial charge < -0.3 is 44.2 Å². The fourth-order valence-corrected chi connectivity index (χ4v) is 3.52. The number of phenolic OH excluding ortho intramolecular Hbond substituents is 1. The molecule has 1 aliphatic heterocycles. The third kappa shape index (κ3) is 4.10. The molecule has 2 aromatic carbocycles. The van der Waals surface area contributed by atoms with Crippen molar-refractivity contribution >= 4 is 16.9 Å². The summed E-state index contributed by atoms with van der Waals surface area (Å²) in [6, 6.07) is 8.63. The Morgan fingerprint density at radius 3 is 2.33 bits per heavy atom. The Bertz CT molecular complexity index is 1230. The lowest BCUT2D eigenvalue weighted by atomic mass is 9.99. The lowest BCUT2D eigenvalue weighted by molar-refractivity contribution is -0.271. The monoisotopic (exact) mass is 460 g/mol. The molecule has 3 aromatic rings. The molecule has 11 heteroatoms. The molecule has 1 saturated heterocycles. The Labute approximate surface area is 185 Å². The number of ether oxygens (including phenoxy) is 3. The number of methoxy groups -OCH3 is 1. The minimum Gasteiger partial charge on any atom is -0.507 e. The number of hydrogen-bond donors (Lipinski definition) is 5. The van der Waals surface area contributed by atoms with Crippen molar-refractivity contribution in [2.24, 2.45) is 0 Å². The number of fused-ring (bicyclic) bond motifs is 1. The zero-order valence-corrected chi connectivity index (χ0v) is 17.1. The SMILES string of the molecule is COc1cc(O)c2c(=O)c(-c3ccc(O[C@@H]4O[C@H](C(=O)O)[C@@H](O)[C@H](O)[C@H]4O)cc3)coc2c1. The third-order valence-electron chi connectivity index (χ3n) is 5.30. The van der Waals surface area contributed by atoms with Crippen LogP contribution in [0.15, 0.2) is 51.9 Å². The first-order chi connectivity index (χ1) is 15.7. The number of aromatic hydroxyl groups is 1. The van der Waals surface area contributed by atoms with Crippen molar-refractivity contribution in [3.63, 3.8) is 0 Å². The van der Waals surface area contributed by atoms with Gasteiger partial charge in [-0.15, -0.1) is 0 Å². The van der Waals surface area contributed by atoms with Crippen LogP contribution >= 0.6 is 0 Å². The van der Waals surface area contributed by atoms with Crippen LogP contribution in [0, 0.1) is 0 Å². The van der Waals surface area contributed by atoms with Crippen molar-refractivity contribution in [2.75, 3.05) is 7.11 Å². The quantitative estimate of drug-likeness (QED) is 0.357. The Balaban J connectivity index is 1.59. The smallest absolute Gasteiger partial charge is 0.335 e. The molecular weight excluding hydrogens is 440 g/mol. The van der Waals surface area contributed by atoms with Gasteiger partial charge in [-0.2, -0.15) is 0 Å². The molecule has 0 aliphatic carbocycles. The number of aliphatic hydroxyl groups is 3. The highest BCUT2D eigenvalue weighted by atomic mass is 16.7. The molecule has 0 bridgehead atoms. The highest BCUT2D eigenvalue weighted by Gasteiger charge is 2.48. The van der Waals surface area contributed by atoms with Crippen LogP contribution in [0.5, 0.6) is 17.2 Å². The number of carbonyl (C=O) groups is 1. The van der Waals surface area contributed by atoms with Gasteiger partial charge >= 0.3 is 5.97 Å². The van der Waals surface area contributed by atoms with E-state index in [1.165, 1.54) is 49.8 Å². The number of aliphatic carboxylic acids is 1. The lowest BCUT2D eigenvalue weighted by Crippen LogP contribution is -2.61. The van der Waals surface area contributed by atoms with Crippen LogP contribution in [0.25, 0.3) is 22.1 Å². The van der Waals surface area contributed by atoms with Gasteiger partial charge in [0.15, 0.2) is 6.10 Å². The summed E-state index contributed by atoms with van der Waals surface area (Å²) in [5.74, 6) is -1.36. The number of rotatable bonds is 5. The zero-order chi connectivity index (χ0) is 23.9. The second kappa shape index (κ2) is 8.71. The van der Waals surface area contributed by atoms with E-state index in [0.717, 1.165) is 0 Å². The maximum absolute atomic E-state index is 12.9. The maximum atomic E-state index is 12.9. The standard InChI is InChI=1S/C22H20O11/c1-30-11-6-13(23)15-14(7-11)31-8-12(16(15)24)9-2-4-10(5-3-9)32-22-19(27)17(25)18(26)20(33-22)21(28)29/h2-8,17-20,22-23,25-27H,1H3,(H,28,29)/t17-,18-,19+,20-,22+/m0/s1. The molecule has 2 heterocycles. The largest absolute Gasteiger partial charge is 0.507 e. The number of hydrogen-bond acceptors (Lipinski definition) is 10. The van der Waals surface area contributed by atoms with Crippen LogP contribution in [0.3, 0.4) is 0 Å². The number of carboxylic acid groups (broad SMARTS) is 1. The minimum atomic E-state index is -1.83. The van der Waals surface area contributed by atoms with Crippen LogP contribution in [0.1, 0.15) is 0 Å². The number of phenols is 1. The van der Waals surface area contributed by atoms with Crippen LogP contribution in [-0.2, 0) is 9.53 Å². The molecular formula is C22H20O11. The van der Waals surface area contributed by atoms with Crippen molar-refractivity contribution in [3.05, 3.63) is 52.9 Å². The fraction of sp³-hybridized carbons (Fsp3) is 0.273.